The average Bonchev–Trinajstić information content (AvgIpc) is 2.67. The quantitative estimate of drug-likeness (QED) is 0.693. The van der Waals surface area contributed by atoms with Crippen LogP contribution in [-0.4, -0.2) is 31.1 Å². The van der Waals surface area contributed by atoms with Crippen LogP contribution in [0.3, 0.4) is 0 Å². The van der Waals surface area contributed by atoms with Crippen LogP contribution in [-0.2, 0) is 24.0 Å². The Hall–Kier alpha value is -0.200. The SMILES string of the molecule is CO[C@H]1O[C@@H]2O[C@]3(C)CCC4CCCC([C@H]1C)[C@]42OO3. The number of methoxy groups -OCH3 is 1. The molecule has 4 heterocycles. The van der Waals surface area contributed by atoms with E-state index < -0.39 is 11.4 Å². The largest absolute Gasteiger partial charge is 0.355 e. The topological polar surface area (TPSA) is 46.2 Å². The Balaban J connectivity index is 1.78. The van der Waals surface area contributed by atoms with E-state index in [0.29, 0.717) is 11.8 Å². The van der Waals surface area contributed by atoms with Crippen molar-refractivity contribution in [2.75, 3.05) is 7.11 Å². The first-order chi connectivity index (χ1) is 9.59. The van der Waals surface area contributed by atoms with Crippen LogP contribution < -0.4 is 0 Å². The summed E-state index contributed by atoms with van der Waals surface area (Å²) in [6.07, 6.45) is 4.88. The van der Waals surface area contributed by atoms with Crippen LogP contribution in [0.1, 0.15) is 46.0 Å². The number of rotatable bonds is 1. The van der Waals surface area contributed by atoms with E-state index in [9.17, 15) is 0 Å². The van der Waals surface area contributed by atoms with Crippen LogP contribution in [0.2, 0.25) is 0 Å². The predicted octanol–water partition coefficient (Wildman–Crippen LogP) is 2.59. The molecule has 0 N–H and O–H groups in total. The number of hydrogen-bond acceptors (Lipinski definition) is 5. The van der Waals surface area contributed by atoms with Crippen LogP contribution in [0.5, 0.6) is 0 Å². The summed E-state index contributed by atoms with van der Waals surface area (Å²) in [5, 5.41) is 0. The van der Waals surface area contributed by atoms with Crippen molar-refractivity contribution >= 4 is 0 Å². The van der Waals surface area contributed by atoms with Gasteiger partial charge in [0.2, 0.25) is 5.79 Å². The molecule has 5 rings (SSSR count). The minimum atomic E-state index is -0.684. The number of fused-ring (bicyclic) bond motifs is 2. The van der Waals surface area contributed by atoms with Gasteiger partial charge < -0.3 is 14.2 Å². The van der Waals surface area contributed by atoms with E-state index in [0.717, 1.165) is 19.3 Å². The van der Waals surface area contributed by atoms with Gasteiger partial charge in [-0.25, -0.2) is 9.78 Å². The Kier molecular flexibility index (Phi) is 2.96. The van der Waals surface area contributed by atoms with E-state index in [1.54, 1.807) is 7.11 Å². The standard InChI is InChI=1S/C15H24O5/c1-9-11-6-4-5-10-7-8-14(2)18-13(17-12(9)16-3)15(10,11)20-19-14/h9-13H,4-8H2,1-3H3/t9-,10?,11?,12+,13-,14+,15-/m1/s1. The van der Waals surface area contributed by atoms with Crippen molar-refractivity contribution in [1.29, 1.82) is 0 Å². The van der Waals surface area contributed by atoms with Crippen molar-refractivity contribution in [3.05, 3.63) is 0 Å². The van der Waals surface area contributed by atoms with Gasteiger partial charge in [-0.3, -0.25) is 0 Å². The second-order valence-corrected chi connectivity index (χ2v) is 6.98. The van der Waals surface area contributed by atoms with Crippen molar-refractivity contribution in [2.45, 2.75) is 69.9 Å². The third kappa shape index (κ3) is 1.61. The molecule has 2 bridgehead atoms. The Labute approximate surface area is 119 Å². The first-order valence-corrected chi connectivity index (χ1v) is 7.82. The predicted molar refractivity (Wildman–Crippen MR) is 69.3 cm³/mol. The zero-order chi connectivity index (χ0) is 14.0. The fourth-order valence-electron chi connectivity index (χ4n) is 4.79. The lowest BCUT2D eigenvalue weighted by Gasteiger charge is -2.58. The monoisotopic (exact) mass is 284 g/mol. The van der Waals surface area contributed by atoms with E-state index in [1.165, 1.54) is 12.8 Å². The molecule has 1 spiro atoms. The summed E-state index contributed by atoms with van der Waals surface area (Å²) in [4.78, 5) is 11.7. The van der Waals surface area contributed by atoms with E-state index in [-0.39, 0.29) is 18.5 Å². The molecule has 0 aromatic heterocycles. The molecule has 5 heteroatoms. The Morgan fingerprint density at radius 1 is 1.15 bits per heavy atom. The summed E-state index contributed by atoms with van der Waals surface area (Å²) in [6, 6.07) is 0. The van der Waals surface area contributed by atoms with Crippen LogP contribution in [0, 0.1) is 17.8 Å². The van der Waals surface area contributed by atoms with Crippen LogP contribution in [0.15, 0.2) is 0 Å². The Morgan fingerprint density at radius 2 is 2.00 bits per heavy atom. The summed E-state index contributed by atoms with van der Waals surface area (Å²) in [5.41, 5.74) is -0.442. The molecule has 7 atom stereocenters. The fourth-order valence-corrected chi connectivity index (χ4v) is 4.79. The molecule has 114 valence electrons. The maximum atomic E-state index is 6.16. The van der Waals surface area contributed by atoms with E-state index in [2.05, 4.69) is 6.92 Å². The molecule has 5 nitrogen and oxygen atoms in total. The summed E-state index contributed by atoms with van der Waals surface area (Å²) in [6.45, 7) is 4.13. The molecule has 0 amide bonds. The normalized spacial score (nSPS) is 58.0. The fraction of sp³-hybridized carbons (Fsp3) is 1.00. The zero-order valence-electron chi connectivity index (χ0n) is 12.5. The van der Waals surface area contributed by atoms with Crippen LogP contribution >= 0.6 is 0 Å². The molecule has 4 saturated heterocycles. The highest BCUT2D eigenvalue weighted by atomic mass is 17.3. The first kappa shape index (κ1) is 13.5. The molecular formula is C15H24O5. The minimum absolute atomic E-state index is 0.221. The zero-order valence-corrected chi connectivity index (χ0v) is 12.5. The lowest BCUT2D eigenvalue weighted by Crippen LogP contribution is -2.69. The van der Waals surface area contributed by atoms with Gasteiger partial charge in [-0.15, -0.1) is 0 Å². The van der Waals surface area contributed by atoms with Crippen molar-refractivity contribution in [1.82, 2.24) is 0 Å². The smallest absolute Gasteiger partial charge is 0.201 e. The minimum Gasteiger partial charge on any atom is -0.355 e. The van der Waals surface area contributed by atoms with Gasteiger partial charge >= 0.3 is 0 Å². The van der Waals surface area contributed by atoms with Gasteiger partial charge in [-0.05, 0) is 32.1 Å². The lowest BCUT2D eigenvalue weighted by atomic mass is 9.61. The third-order valence-electron chi connectivity index (χ3n) is 5.87. The lowest BCUT2D eigenvalue weighted by molar-refractivity contribution is -0.575. The van der Waals surface area contributed by atoms with Gasteiger partial charge in [-0.1, -0.05) is 13.3 Å². The van der Waals surface area contributed by atoms with Crippen LogP contribution in [0.4, 0.5) is 0 Å². The molecule has 5 aliphatic rings. The molecule has 20 heavy (non-hydrogen) atoms. The number of hydrogen-bond donors (Lipinski definition) is 0. The summed E-state index contributed by atoms with van der Waals surface area (Å²) in [7, 11) is 1.70. The Morgan fingerprint density at radius 3 is 2.80 bits per heavy atom. The van der Waals surface area contributed by atoms with Gasteiger partial charge in [0, 0.05) is 25.4 Å². The Bertz CT molecular complexity index is 402. The molecule has 5 fully saturated rings. The maximum Gasteiger partial charge on any atom is 0.201 e. The molecular weight excluding hydrogens is 260 g/mol. The van der Waals surface area contributed by atoms with Gasteiger partial charge in [0.05, 0.1) is 0 Å². The molecule has 0 radical (unpaired) electrons. The molecule has 1 aliphatic carbocycles. The third-order valence-corrected chi connectivity index (χ3v) is 5.87. The van der Waals surface area contributed by atoms with Gasteiger partial charge in [-0.2, -0.15) is 0 Å². The second-order valence-electron chi connectivity index (χ2n) is 6.98. The van der Waals surface area contributed by atoms with Crippen LogP contribution in [0.25, 0.3) is 0 Å². The molecule has 1 saturated carbocycles. The summed E-state index contributed by atoms with van der Waals surface area (Å²) < 4.78 is 17.8. The molecule has 0 aromatic carbocycles. The second kappa shape index (κ2) is 4.40. The summed E-state index contributed by atoms with van der Waals surface area (Å²) in [5.74, 6) is 0.425. The van der Waals surface area contributed by atoms with E-state index >= 15 is 0 Å². The number of ether oxygens (including phenoxy) is 3. The van der Waals surface area contributed by atoms with E-state index in [1.807, 2.05) is 6.92 Å². The van der Waals surface area contributed by atoms with Gasteiger partial charge in [0.25, 0.3) is 0 Å². The van der Waals surface area contributed by atoms with Crippen molar-refractivity contribution in [3.8, 4) is 0 Å². The highest BCUT2D eigenvalue weighted by Crippen LogP contribution is 2.59. The van der Waals surface area contributed by atoms with Gasteiger partial charge in [0.15, 0.2) is 18.2 Å². The highest BCUT2D eigenvalue weighted by molar-refractivity contribution is 5.07. The van der Waals surface area contributed by atoms with Crippen molar-refractivity contribution < 1.29 is 24.0 Å². The highest BCUT2D eigenvalue weighted by Gasteiger charge is 2.68. The molecule has 0 aromatic rings. The maximum absolute atomic E-state index is 6.16. The first-order valence-electron chi connectivity index (χ1n) is 7.82. The van der Waals surface area contributed by atoms with E-state index in [4.69, 9.17) is 24.0 Å². The molecule has 4 aliphatic heterocycles. The van der Waals surface area contributed by atoms with Crippen molar-refractivity contribution in [3.63, 3.8) is 0 Å². The average molecular weight is 284 g/mol. The van der Waals surface area contributed by atoms with Gasteiger partial charge in [0.1, 0.15) is 0 Å². The molecule has 2 unspecified atom stereocenters. The van der Waals surface area contributed by atoms with Crippen molar-refractivity contribution in [2.24, 2.45) is 17.8 Å². The summed E-state index contributed by atoms with van der Waals surface area (Å²) >= 11 is 0.